The molecule has 9 heteroatoms. The summed E-state index contributed by atoms with van der Waals surface area (Å²) in [6, 6.07) is 13.0. The zero-order valence-corrected chi connectivity index (χ0v) is 29.4. The SMILES string of the molecule is CC(C)=CCC/C(C)=C/CN1C(=O)[C@@](O)([C@@H](C)/C=C/CC(=O)N2Cc3ccccc3C[C@H]2CO)c2cc(NC(=O)C3CCCNC3)ccc21. The number of nitrogens with one attached hydrogen (secondary N) is 2. The van der Waals surface area contributed by atoms with Crippen molar-refractivity contribution < 1.29 is 24.6 Å². The van der Waals surface area contributed by atoms with Crippen molar-refractivity contribution >= 4 is 29.1 Å². The second-order valence-corrected chi connectivity index (χ2v) is 14.1. The number of amides is 3. The third kappa shape index (κ3) is 8.23. The number of anilines is 2. The molecule has 2 aromatic rings. The number of aliphatic hydroxyl groups excluding tert-OH is 1. The highest BCUT2D eigenvalue weighted by Crippen LogP contribution is 2.46. The molecular formula is C40H52N4O5. The van der Waals surface area contributed by atoms with Crippen molar-refractivity contribution in [2.75, 3.05) is 36.5 Å². The summed E-state index contributed by atoms with van der Waals surface area (Å²) < 4.78 is 0. The third-order valence-corrected chi connectivity index (χ3v) is 10.2. The molecule has 0 radical (unpaired) electrons. The Balaban J connectivity index is 1.36. The summed E-state index contributed by atoms with van der Waals surface area (Å²) in [7, 11) is 0. The maximum Gasteiger partial charge on any atom is 0.264 e. The second-order valence-electron chi connectivity index (χ2n) is 14.1. The smallest absolute Gasteiger partial charge is 0.264 e. The lowest BCUT2D eigenvalue weighted by Crippen LogP contribution is -2.46. The van der Waals surface area contributed by atoms with Crippen molar-refractivity contribution in [1.29, 1.82) is 0 Å². The van der Waals surface area contributed by atoms with E-state index in [4.69, 9.17) is 0 Å². The zero-order valence-electron chi connectivity index (χ0n) is 29.4. The first-order chi connectivity index (χ1) is 23.5. The number of piperidine rings is 1. The van der Waals surface area contributed by atoms with Gasteiger partial charge in [-0.1, -0.05) is 66.6 Å². The minimum Gasteiger partial charge on any atom is -0.394 e. The molecule has 4 N–H and O–H groups in total. The van der Waals surface area contributed by atoms with Crippen molar-refractivity contribution in [1.82, 2.24) is 10.2 Å². The molecule has 262 valence electrons. The summed E-state index contributed by atoms with van der Waals surface area (Å²) in [5.74, 6) is -1.47. The number of hydrogen-bond acceptors (Lipinski definition) is 6. The standard InChI is InChI=1S/C40H52N4O5/c1-27(2)10-7-11-28(3)19-21-43-36-18-17-33(42-38(47)31-15-9-20-41-24-31)23-35(36)40(49,39(43)48)29(4)12-8-16-37(46)44-25-32-14-6-5-13-30(32)22-34(44)26-45/h5-6,8,10,12-14,17-19,23,29,31,34,41,45,49H,7,9,11,15-16,20-22,24-26H2,1-4H3,(H,42,47)/b12-8+,28-19+/t29-,31?,34-,40+/m0/s1. The summed E-state index contributed by atoms with van der Waals surface area (Å²) in [6.07, 6.45) is 11.9. The predicted molar refractivity (Wildman–Crippen MR) is 194 cm³/mol. The van der Waals surface area contributed by atoms with Gasteiger partial charge in [-0.3, -0.25) is 14.4 Å². The molecule has 1 saturated heterocycles. The highest BCUT2D eigenvalue weighted by molar-refractivity contribution is 6.08. The molecule has 3 amide bonds. The van der Waals surface area contributed by atoms with Crippen molar-refractivity contribution in [3.8, 4) is 0 Å². The molecular weight excluding hydrogens is 616 g/mol. The van der Waals surface area contributed by atoms with Gasteiger partial charge in [0.25, 0.3) is 5.91 Å². The number of carbonyl (C=O) groups excluding carboxylic acids is 3. The molecule has 5 rings (SSSR count). The van der Waals surface area contributed by atoms with Gasteiger partial charge in [-0.15, -0.1) is 0 Å². The van der Waals surface area contributed by atoms with E-state index in [1.165, 1.54) is 5.57 Å². The van der Waals surface area contributed by atoms with Crippen LogP contribution in [0, 0.1) is 11.8 Å². The average Bonchev–Trinajstić information content (AvgIpc) is 3.32. The molecule has 49 heavy (non-hydrogen) atoms. The van der Waals surface area contributed by atoms with Crippen LogP contribution in [-0.2, 0) is 33.0 Å². The summed E-state index contributed by atoms with van der Waals surface area (Å²) in [5, 5.41) is 28.6. The van der Waals surface area contributed by atoms with Gasteiger partial charge < -0.3 is 30.6 Å². The lowest BCUT2D eigenvalue weighted by Gasteiger charge is -2.36. The quantitative estimate of drug-likeness (QED) is 0.226. The van der Waals surface area contributed by atoms with Gasteiger partial charge in [0.2, 0.25) is 11.8 Å². The maximum atomic E-state index is 14.2. The van der Waals surface area contributed by atoms with Crippen LogP contribution in [0.25, 0.3) is 0 Å². The fourth-order valence-corrected chi connectivity index (χ4v) is 7.14. The number of fused-ring (bicyclic) bond motifs is 2. The number of nitrogens with zero attached hydrogens (tertiary/aromatic N) is 2. The molecule has 0 bridgehead atoms. The van der Waals surface area contributed by atoms with Crippen LogP contribution < -0.4 is 15.5 Å². The highest BCUT2D eigenvalue weighted by atomic mass is 16.3. The van der Waals surface area contributed by atoms with E-state index in [9.17, 15) is 24.6 Å². The third-order valence-electron chi connectivity index (χ3n) is 10.2. The molecule has 3 aliphatic rings. The number of benzene rings is 2. The van der Waals surface area contributed by atoms with Crippen molar-refractivity contribution in [2.24, 2.45) is 11.8 Å². The largest absolute Gasteiger partial charge is 0.394 e. The molecule has 3 aliphatic heterocycles. The van der Waals surface area contributed by atoms with E-state index in [1.54, 1.807) is 47.1 Å². The van der Waals surface area contributed by atoms with Crippen LogP contribution in [-0.4, -0.2) is 65.1 Å². The van der Waals surface area contributed by atoms with Crippen LogP contribution in [0.5, 0.6) is 0 Å². The zero-order chi connectivity index (χ0) is 35.1. The van der Waals surface area contributed by atoms with Gasteiger partial charge in [-0.25, -0.2) is 0 Å². The van der Waals surface area contributed by atoms with E-state index in [-0.39, 0.29) is 36.8 Å². The number of carbonyl (C=O) groups is 3. The lowest BCUT2D eigenvalue weighted by molar-refractivity contribution is -0.139. The van der Waals surface area contributed by atoms with Crippen LogP contribution in [0.1, 0.15) is 76.5 Å². The molecule has 9 nitrogen and oxygen atoms in total. The van der Waals surface area contributed by atoms with Gasteiger partial charge in [0.15, 0.2) is 5.60 Å². The first-order valence-electron chi connectivity index (χ1n) is 17.7. The van der Waals surface area contributed by atoms with E-state index in [2.05, 4.69) is 37.5 Å². The van der Waals surface area contributed by atoms with E-state index in [1.807, 2.05) is 30.3 Å². The Morgan fingerprint density at radius 1 is 1.12 bits per heavy atom. The van der Waals surface area contributed by atoms with Crippen LogP contribution in [0.15, 0.2) is 77.9 Å². The Hall–Kier alpha value is -4.05. The van der Waals surface area contributed by atoms with Crippen molar-refractivity contribution in [3.05, 3.63) is 94.6 Å². The van der Waals surface area contributed by atoms with Crippen molar-refractivity contribution in [2.45, 2.75) is 84.4 Å². The van der Waals surface area contributed by atoms with Gasteiger partial charge in [0, 0.05) is 43.2 Å². The number of hydrogen-bond donors (Lipinski definition) is 4. The summed E-state index contributed by atoms with van der Waals surface area (Å²) in [4.78, 5) is 44.0. The van der Waals surface area contributed by atoms with E-state index < -0.39 is 17.4 Å². The van der Waals surface area contributed by atoms with E-state index in [0.717, 1.165) is 48.9 Å². The second kappa shape index (κ2) is 16.1. The van der Waals surface area contributed by atoms with Crippen molar-refractivity contribution in [3.63, 3.8) is 0 Å². The Labute approximate surface area is 290 Å². The predicted octanol–water partition coefficient (Wildman–Crippen LogP) is 5.38. The van der Waals surface area contributed by atoms with Gasteiger partial charge in [-0.2, -0.15) is 0 Å². The summed E-state index contributed by atoms with van der Waals surface area (Å²) in [5.41, 5.74) is 4.30. The molecule has 0 spiro atoms. The molecule has 0 saturated carbocycles. The van der Waals surface area contributed by atoms with Gasteiger partial charge >= 0.3 is 0 Å². The molecule has 3 heterocycles. The van der Waals surface area contributed by atoms with Crippen LogP contribution in [0.2, 0.25) is 0 Å². The molecule has 4 atom stereocenters. The first-order valence-corrected chi connectivity index (χ1v) is 17.7. The number of allylic oxidation sites excluding steroid dienone is 3. The Kier molecular flexibility index (Phi) is 11.9. The van der Waals surface area contributed by atoms with Gasteiger partial charge in [-0.05, 0) is 88.7 Å². The Morgan fingerprint density at radius 2 is 1.90 bits per heavy atom. The fraction of sp³-hybridized carbons (Fsp3) is 0.475. The lowest BCUT2D eigenvalue weighted by atomic mass is 9.82. The Bertz CT molecular complexity index is 1620. The number of aliphatic hydroxyl groups is 2. The first kappa shape index (κ1) is 36.2. The highest BCUT2D eigenvalue weighted by Gasteiger charge is 2.52. The average molecular weight is 669 g/mol. The maximum absolute atomic E-state index is 14.2. The normalized spacial score (nSPS) is 22.9. The Morgan fingerprint density at radius 3 is 2.61 bits per heavy atom. The molecule has 0 aliphatic carbocycles. The number of rotatable bonds is 12. The minimum atomic E-state index is -1.90. The molecule has 2 aromatic carbocycles. The fourth-order valence-electron chi connectivity index (χ4n) is 7.14. The van der Waals surface area contributed by atoms with Gasteiger partial charge in [0.05, 0.1) is 24.3 Å². The topological polar surface area (TPSA) is 122 Å². The monoisotopic (exact) mass is 668 g/mol. The molecule has 1 unspecified atom stereocenters. The van der Waals surface area contributed by atoms with Crippen LogP contribution in [0.4, 0.5) is 11.4 Å². The van der Waals surface area contributed by atoms with Crippen LogP contribution in [0.3, 0.4) is 0 Å². The van der Waals surface area contributed by atoms with Gasteiger partial charge in [0.1, 0.15) is 0 Å². The summed E-state index contributed by atoms with van der Waals surface area (Å²) >= 11 is 0. The van der Waals surface area contributed by atoms with Crippen LogP contribution >= 0.6 is 0 Å². The molecule has 1 fully saturated rings. The van der Waals surface area contributed by atoms with E-state index >= 15 is 0 Å². The van der Waals surface area contributed by atoms with E-state index in [0.29, 0.717) is 43.0 Å². The summed E-state index contributed by atoms with van der Waals surface area (Å²) in [6.45, 7) is 10.1. The minimum absolute atomic E-state index is 0.0724. The molecule has 0 aromatic heterocycles.